The van der Waals surface area contributed by atoms with Crippen LogP contribution >= 0.6 is 0 Å². The zero-order valence-corrected chi connectivity index (χ0v) is 42.3. The molecule has 6 aliphatic rings. The Morgan fingerprint density at radius 2 is 1.59 bits per heavy atom. The second-order valence-corrected chi connectivity index (χ2v) is 20.5. The lowest BCUT2D eigenvalue weighted by atomic mass is 9.70. The minimum atomic E-state index is -0.672. The molecule has 0 bridgehead atoms. The molecule has 0 spiro atoms. The molecule has 13 heteroatoms. The number of fused-ring (bicyclic) bond motifs is 8. The predicted molar refractivity (Wildman–Crippen MR) is 260 cm³/mol. The van der Waals surface area contributed by atoms with Crippen LogP contribution in [-0.2, 0) is 52.2 Å². The van der Waals surface area contributed by atoms with Gasteiger partial charge in [0.25, 0.3) is 0 Å². The fraction of sp³-hybridized carbons (Fsp3) is 0.661. The number of cyclic esters (lactones) is 1. The molecule has 0 radical (unpaired) electrons. The molecule has 2 aliphatic heterocycles. The molecular formula is C56H77NO12. The lowest BCUT2D eigenvalue weighted by Crippen LogP contribution is -2.50. The maximum absolute atomic E-state index is 15.0. The Kier molecular flexibility index (Phi) is 17.2. The molecule has 2 aromatic rings. The first-order valence-corrected chi connectivity index (χ1v) is 25.7. The summed E-state index contributed by atoms with van der Waals surface area (Å²) >= 11 is 0. The van der Waals surface area contributed by atoms with E-state index in [9.17, 15) is 14.4 Å². The molecule has 2 saturated heterocycles. The fourth-order valence-electron chi connectivity index (χ4n) is 12.3. The van der Waals surface area contributed by atoms with Crippen molar-refractivity contribution < 1.29 is 57.0 Å². The van der Waals surface area contributed by atoms with Crippen LogP contribution in [0.2, 0.25) is 0 Å². The van der Waals surface area contributed by atoms with E-state index in [1.807, 2.05) is 52.0 Å². The fourth-order valence-corrected chi connectivity index (χ4v) is 12.3. The summed E-state index contributed by atoms with van der Waals surface area (Å²) in [5.74, 6) is -0.549. The molecule has 69 heavy (non-hydrogen) atoms. The zero-order valence-electron chi connectivity index (χ0n) is 42.3. The third kappa shape index (κ3) is 11.3. The van der Waals surface area contributed by atoms with Crippen LogP contribution in [0, 0.1) is 35.5 Å². The number of amides is 1. The molecule has 4 aliphatic carbocycles. The van der Waals surface area contributed by atoms with Crippen LogP contribution in [0.25, 0.3) is 11.1 Å². The van der Waals surface area contributed by atoms with Gasteiger partial charge in [0.1, 0.15) is 18.8 Å². The summed E-state index contributed by atoms with van der Waals surface area (Å²) in [4.78, 5) is 44.0. The van der Waals surface area contributed by atoms with Gasteiger partial charge in [0.15, 0.2) is 18.4 Å². The Balaban J connectivity index is 0.931. The Morgan fingerprint density at radius 3 is 2.26 bits per heavy atom. The standard InChI is InChI=1S/C56H77NO12/c1-10-37-16-15-21-50(69-53-25-24-49(35(5)65-53)57(6)56(60)64-30-48-41-19-13-11-17-39(41)40-18-12-14-20-42(40)48)32(2)54(59)47-28-45-43(46(47)29-52(58)67-37)23-22-36-26-38(27-44(36)45)68-55(51(63-9)31-61-7)66-34(4)33(3)62-8/h11-14,17-20,22-23,28,32-38,43-46,48-51,53,55H,10,15-16,21,24-27,29-31H2,1-9H3/t32-,33-,34?,35?,36-,37+,38-,43-,44-,45-,46+,49+,50+,51+,53+,55?/m1/s1. The van der Waals surface area contributed by atoms with Gasteiger partial charge in [-0.2, -0.15) is 0 Å². The monoisotopic (exact) mass is 956 g/mol. The van der Waals surface area contributed by atoms with Gasteiger partial charge in [-0.25, -0.2) is 4.79 Å². The maximum atomic E-state index is 15.0. The van der Waals surface area contributed by atoms with Crippen molar-refractivity contribution >= 4 is 17.8 Å². The molecule has 3 unspecified atom stereocenters. The van der Waals surface area contributed by atoms with Crippen LogP contribution in [0.5, 0.6) is 0 Å². The van der Waals surface area contributed by atoms with Crippen molar-refractivity contribution in [3.63, 3.8) is 0 Å². The molecule has 0 N–H and O–H groups in total. The number of carbonyl (C=O) groups excluding carboxylic acids is 3. The highest BCUT2D eigenvalue weighted by Crippen LogP contribution is 2.54. The van der Waals surface area contributed by atoms with Crippen LogP contribution in [0.1, 0.15) is 109 Å². The number of allylic oxidation sites excluding steroid dienone is 4. The van der Waals surface area contributed by atoms with E-state index in [0.29, 0.717) is 44.3 Å². The van der Waals surface area contributed by atoms with E-state index in [-0.39, 0.29) is 103 Å². The van der Waals surface area contributed by atoms with E-state index in [1.54, 1.807) is 33.3 Å². The summed E-state index contributed by atoms with van der Waals surface area (Å²) in [6.07, 6.45) is 8.87. The summed E-state index contributed by atoms with van der Waals surface area (Å²) < 4.78 is 55.6. The van der Waals surface area contributed by atoms with E-state index in [1.165, 1.54) is 22.3 Å². The minimum absolute atomic E-state index is 0.0181. The molecule has 0 aromatic heterocycles. The third-order valence-electron chi connectivity index (χ3n) is 16.5. The van der Waals surface area contributed by atoms with E-state index in [4.69, 9.17) is 42.6 Å². The van der Waals surface area contributed by atoms with Crippen molar-refractivity contribution in [3.05, 3.63) is 83.5 Å². The largest absolute Gasteiger partial charge is 0.462 e. The Bertz CT molecular complexity index is 2100. The number of esters is 1. The first-order chi connectivity index (χ1) is 33.3. The first-order valence-electron chi connectivity index (χ1n) is 25.7. The highest BCUT2D eigenvalue weighted by atomic mass is 16.7. The molecule has 1 saturated carbocycles. The number of carbonyl (C=O) groups is 3. The molecule has 378 valence electrons. The van der Waals surface area contributed by atoms with Crippen molar-refractivity contribution in [2.75, 3.05) is 41.6 Å². The van der Waals surface area contributed by atoms with Gasteiger partial charge in [0, 0.05) is 52.6 Å². The number of nitrogens with zero attached hydrogens (tertiary/aromatic N) is 1. The number of hydrogen-bond donors (Lipinski definition) is 0. The Morgan fingerprint density at radius 1 is 0.870 bits per heavy atom. The minimum Gasteiger partial charge on any atom is -0.462 e. The Hall–Kier alpha value is -3.95. The second kappa shape index (κ2) is 23.1. The van der Waals surface area contributed by atoms with Crippen molar-refractivity contribution in [1.29, 1.82) is 0 Å². The highest BCUT2D eigenvalue weighted by Gasteiger charge is 2.51. The van der Waals surface area contributed by atoms with Crippen LogP contribution in [0.15, 0.2) is 72.3 Å². The number of Topliss-reactive ketones (excluding diaryl/α,β-unsaturated/α-hetero) is 1. The molecule has 3 fully saturated rings. The van der Waals surface area contributed by atoms with E-state index < -0.39 is 30.7 Å². The van der Waals surface area contributed by atoms with Crippen molar-refractivity contribution in [2.24, 2.45) is 35.5 Å². The van der Waals surface area contributed by atoms with Gasteiger partial charge in [0.2, 0.25) is 0 Å². The lowest BCUT2D eigenvalue weighted by molar-refractivity contribution is -0.255. The molecular weight excluding hydrogens is 879 g/mol. The number of ether oxygens (including phenoxy) is 9. The number of likely N-dealkylation sites (N-methyl/N-ethyl adjacent to an activating group) is 1. The average Bonchev–Trinajstić information content (AvgIpc) is 4.04. The molecule has 8 rings (SSSR count). The van der Waals surface area contributed by atoms with Gasteiger partial charge < -0.3 is 47.5 Å². The molecule has 16 atom stereocenters. The van der Waals surface area contributed by atoms with Crippen LogP contribution < -0.4 is 0 Å². The number of ketones is 1. The van der Waals surface area contributed by atoms with E-state index in [2.05, 4.69) is 49.4 Å². The zero-order chi connectivity index (χ0) is 48.9. The SMILES string of the molecule is CC[C@H]1CCC[C@H](O[C@H]2CC[C@H](N(C)C(=O)OCC3c4ccccc4-c4ccccc43)C(C)O2)[C@@H](C)C(=O)C2=C[C@@H]3[C@@H](C=C[C@@H]4C[C@@H](OC(OC(C)[C@@H](C)OC)[C@H](COC)OC)C[C@@H]34)[C@@H]2CC(=O)O1. The van der Waals surface area contributed by atoms with Gasteiger partial charge in [0.05, 0.1) is 49.6 Å². The van der Waals surface area contributed by atoms with Crippen LogP contribution in [0.3, 0.4) is 0 Å². The smallest absolute Gasteiger partial charge is 0.409 e. The Labute approximate surface area is 409 Å². The van der Waals surface area contributed by atoms with E-state index >= 15 is 0 Å². The van der Waals surface area contributed by atoms with Gasteiger partial charge in [-0.1, -0.05) is 80.6 Å². The quantitative estimate of drug-likeness (QED) is 0.0901. The summed E-state index contributed by atoms with van der Waals surface area (Å²) in [6.45, 7) is 10.5. The van der Waals surface area contributed by atoms with E-state index in [0.717, 1.165) is 19.3 Å². The van der Waals surface area contributed by atoms with Crippen LogP contribution in [0.4, 0.5) is 4.79 Å². The lowest BCUT2D eigenvalue weighted by Gasteiger charge is -2.40. The average molecular weight is 956 g/mol. The topological polar surface area (TPSA) is 138 Å². The number of benzene rings is 2. The number of rotatable bonds is 16. The summed E-state index contributed by atoms with van der Waals surface area (Å²) in [5.41, 5.74) is 5.42. The first kappa shape index (κ1) is 51.4. The third-order valence-corrected chi connectivity index (χ3v) is 16.5. The highest BCUT2D eigenvalue weighted by molar-refractivity contribution is 5.99. The van der Waals surface area contributed by atoms with Gasteiger partial charge in [-0.05, 0) is 117 Å². The van der Waals surface area contributed by atoms with Crippen molar-refractivity contribution in [3.8, 4) is 11.1 Å². The number of hydrogen-bond acceptors (Lipinski definition) is 12. The van der Waals surface area contributed by atoms with Gasteiger partial charge in [-0.15, -0.1) is 0 Å². The summed E-state index contributed by atoms with van der Waals surface area (Å²) in [6, 6.07) is 16.4. The maximum Gasteiger partial charge on any atom is 0.409 e. The van der Waals surface area contributed by atoms with Gasteiger partial charge in [-0.3, -0.25) is 9.59 Å². The predicted octanol–water partition coefficient (Wildman–Crippen LogP) is 9.44. The molecule has 13 nitrogen and oxygen atoms in total. The van der Waals surface area contributed by atoms with Gasteiger partial charge >= 0.3 is 12.1 Å². The summed E-state index contributed by atoms with van der Waals surface area (Å²) in [7, 11) is 6.72. The number of methoxy groups -OCH3 is 3. The normalized spacial score (nSPS) is 33.0. The van der Waals surface area contributed by atoms with Crippen LogP contribution in [-0.4, -0.2) is 126 Å². The molecule has 2 heterocycles. The van der Waals surface area contributed by atoms with Crippen molar-refractivity contribution in [1.82, 2.24) is 4.90 Å². The second-order valence-electron chi connectivity index (χ2n) is 20.5. The summed E-state index contributed by atoms with van der Waals surface area (Å²) in [5, 5.41) is 0. The van der Waals surface area contributed by atoms with Crippen molar-refractivity contribution in [2.45, 2.75) is 160 Å². The molecule has 2 aromatic carbocycles. The molecule has 1 amide bonds.